The number of amides is 6. The van der Waals surface area contributed by atoms with Crippen molar-refractivity contribution < 1.29 is 28.8 Å². The Morgan fingerprint density at radius 2 is 0.952 bits per heavy atom. The first-order valence-corrected chi connectivity index (χ1v) is 15.3. The molecule has 0 radical (unpaired) electrons. The molecule has 236 valence electrons. The lowest BCUT2D eigenvalue weighted by Crippen LogP contribution is -2.65. The van der Waals surface area contributed by atoms with Crippen molar-refractivity contribution in [2.45, 2.75) is 129 Å². The maximum absolute atomic E-state index is 13.7. The summed E-state index contributed by atoms with van der Waals surface area (Å²) < 4.78 is 0. The molecule has 12 heteroatoms. The Labute approximate surface area is 249 Å². The second-order valence-electron chi connectivity index (χ2n) is 13.9. The summed E-state index contributed by atoms with van der Waals surface area (Å²) in [5.41, 5.74) is -2.72. The number of fused-ring (bicyclic) bond motifs is 2. The lowest BCUT2D eigenvalue weighted by atomic mass is 9.97. The van der Waals surface area contributed by atoms with Crippen LogP contribution < -0.4 is 21.3 Å². The Morgan fingerprint density at radius 3 is 1.26 bits per heavy atom. The zero-order chi connectivity index (χ0) is 31.6. The number of nitrogens with zero attached hydrogens (tertiary/aromatic N) is 2. The number of nitrogens with one attached hydrogen (secondary N) is 4. The maximum Gasteiger partial charge on any atom is 0.248 e. The van der Waals surface area contributed by atoms with Crippen LogP contribution in [-0.4, -0.2) is 93.6 Å². The van der Waals surface area contributed by atoms with Crippen molar-refractivity contribution in [3.8, 4) is 0 Å². The van der Waals surface area contributed by atoms with Crippen molar-refractivity contribution in [2.75, 3.05) is 13.1 Å². The fourth-order valence-electron chi connectivity index (χ4n) is 6.12. The van der Waals surface area contributed by atoms with Gasteiger partial charge in [-0.2, -0.15) is 0 Å². The molecule has 0 aromatic heterocycles. The molecular weight excluding hydrogens is 540 g/mol. The summed E-state index contributed by atoms with van der Waals surface area (Å²) in [4.78, 5) is 84.6. The van der Waals surface area contributed by atoms with E-state index in [0.29, 0.717) is 51.6 Å². The topological polar surface area (TPSA) is 157 Å². The number of hydrogen-bond donors (Lipinski definition) is 4. The van der Waals surface area contributed by atoms with Crippen molar-refractivity contribution in [3.63, 3.8) is 0 Å². The van der Waals surface area contributed by atoms with Crippen LogP contribution in [0, 0.1) is 11.8 Å². The maximum atomic E-state index is 13.7. The predicted molar refractivity (Wildman–Crippen MR) is 157 cm³/mol. The fraction of sp³-hybridized carbons (Fsp3) is 0.800. The van der Waals surface area contributed by atoms with E-state index >= 15 is 0 Å². The molecule has 3 heterocycles. The second kappa shape index (κ2) is 13.0. The first-order valence-electron chi connectivity index (χ1n) is 15.3. The van der Waals surface area contributed by atoms with Gasteiger partial charge >= 0.3 is 0 Å². The van der Waals surface area contributed by atoms with E-state index in [9.17, 15) is 28.8 Å². The average molecular weight is 591 g/mol. The van der Waals surface area contributed by atoms with Crippen molar-refractivity contribution in [1.29, 1.82) is 0 Å². The van der Waals surface area contributed by atoms with Crippen molar-refractivity contribution in [2.24, 2.45) is 11.8 Å². The second-order valence-corrected chi connectivity index (χ2v) is 13.9. The summed E-state index contributed by atoms with van der Waals surface area (Å²) in [6.07, 6.45) is 2.69. The molecule has 6 amide bonds. The van der Waals surface area contributed by atoms with E-state index in [1.807, 2.05) is 27.7 Å². The van der Waals surface area contributed by atoms with E-state index in [2.05, 4.69) is 21.3 Å². The lowest BCUT2D eigenvalue weighted by molar-refractivity contribution is -0.147. The summed E-state index contributed by atoms with van der Waals surface area (Å²) in [5, 5.41) is 11.3. The molecule has 12 nitrogen and oxygen atoms in total. The molecule has 0 saturated carbocycles. The Bertz CT molecular complexity index is 1000. The average Bonchev–Trinajstić information content (AvgIpc) is 3.55. The Hall–Kier alpha value is -3.18. The molecule has 4 atom stereocenters. The minimum absolute atomic E-state index is 0.0543. The molecule has 3 rings (SSSR count). The van der Waals surface area contributed by atoms with E-state index in [-0.39, 0.29) is 11.8 Å². The standard InChI is InChI=1S/C30H50N6O6/c1-17(2)15-19-23(37)33-29(5,6)27(41)36-14-10-12-22(36)26(40)32-20(16-18(3)4)24(38)34-30(7,8)28(42)35-13-9-11-21(35)25(39)31-19/h17-22H,9-16H2,1-8H3,(H,31,39)(H,32,40)(H,33,37)(H,34,38)/t19-,20-,21-,22-/m0/s1. The van der Waals surface area contributed by atoms with Crippen molar-refractivity contribution in [1.82, 2.24) is 31.1 Å². The van der Waals surface area contributed by atoms with Crippen LogP contribution in [0.2, 0.25) is 0 Å². The largest absolute Gasteiger partial charge is 0.343 e. The molecule has 3 saturated heterocycles. The highest BCUT2D eigenvalue weighted by Gasteiger charge is 2.46. The predicted octanol–water partition coefficient (Wildman–Crippen LogP) is 0.833. The first-order chi connectivity index (χ1) is 19.4. The summed E-state index contributed by atoms with van der Waals surface area (Å²) in [6, 6.07) is -3.46. The number of hydrogen-bond acceptors (Lipinski definition) is 6. The van der Waals surface area contributed by atoms with E-state index in [0.717, 1.165) is 0 Å². The molecule has 0 aliphatic carbocycles. The number of rotatable bonds is 4. The highest BCUT2D eigenvalue weighted by Crippen LogP contribution is 2.25. The van der Waals surface area contributed by atoms with Gasteiger partial charge in [-0.15, -0.1) is 0 Å². The van der Waals surface area contributed by atoms with Gasteiger partial charge in [-0.3, -0.25) is 28.8 Å². The number of carbonyl (C=O) groups is 6. The van der Waals surface area contributed by atoms with Crippen LogP contribution >= 0.6 is 0 Å². The van der Waals surface area contributed by atoms with Gasteiger partial charge in [-0.05, 0) is 78.1 Å². The quantitative estimate of drug-likeness (QED) is 0.380. The number of carbonyl (C=O) groups excluding carboxylic acids is 6. The smallest absolute Gasteiger partial charge is 0.248 e. The third-order valence-corrected chi connectivity index (χ3v) is 8.25. The Kier molecular flexibility index (Phi) is 10.3. The monoisotopic (exact) mass is 590 g/mol. The Morgan fingerprint density at radius 1 is 0.619 bits per heavy atom. The molecule has 3 fully saturated rings. The minimum atomic E-state index is -1.36. The van der Waals surface area contributed by atoms with E-state index < -0.39 is 70.7 Å². The van der Waals surface area contributed by atoms with Crippen LogP contribution in [-0.2, 0) is 28.8 Å². The van der Waals surface area contributed by atoms with Crippen molar-refractivity contribution in [3.05, 3.63) is 0 Å². The van der Waals surface area contributed by atoms with Gasteiger partial charge in [0.1, 0.15) is 35.2 Å². The van der Waals surface area contributed by atoms with Crippen LogP contribution in [0.25, 0.3) is 0 Å². The third kappa shape index (κ3) is 7.60. The van der Waals surface area contributed by atoms with Crippen molar-refractivity contribution >= 4 is 35.4 Å². The zero-order valence-electron chi connectivity index (χ0n) is 26.5. The van der Waals surface area contributed by atoms with Gasteiger partial charge in [-0.1, -0.05) is 27.7 Å². The van der Waals surface area contributed by atoms with Crippen LogP contribution in [0.5, 0.6) is 0 Å². The lowest BCUT2D eigenvalue weighted by Gasteiger charge is -2.37. The molecular formula is C30H50N6O6. The molecule has 42 heavy (non-hydrogen) atoms. The highest BCUT2D eigenvalue weighted by atomic mass is 16.2. The Balaban J connectivity index is 2.03. The molecule has 0 spiro atoms. The van der Waals surface area contributed by atoms with Gasteiger partial charge in [-0.25, -0.2) is 0 Å². The van der Waals surface area contributed by atoms with E-state index in [1.165, 1.54) is 9.80 Å². The van der Waals surface area contributed by atoms with Gasteiger partial charge in [0.25, 0.3) is 0 Å². The van der Waals surface area contributed by atoms with Crippen LogP contribution in [0.3, 0.4) is 0 Å². The highest BCUT2D eigenvalue weighted by molar-refractivity contribution is 6.00. The van der Waals surface area contributed by atoms with Crippen LogP contribution in [0.1, 0.15) is 93.9 Å². The van der Waals surface area contributed by atoms with Gasteiger partial charge in [0, 0.05) is 13.1 Å². The normalized spacial score (nSPS) is 29.4. The molecule has 4 N–H and O–H groups in total. The van der Waals surface area contributed by atoms with Gasteiger partial charge in [0.15, 0.2) is 0 Å². The molecule has 0 aromatic carbocycles. The van der Waals surface area contributed by atoms with Gasteiger partial charge in [0.05, 0.1) is 0 Å². The SMILES string of the molecule is CC(C)C[C@@H]1NC(=O)[C@@H]2CCCN2C(=O)C(C)(C)NC(=O)[C@H](CC(C)C)NC(=O)[C@@H]2CCCN2C(=O)C(C)(C)NC1=O. The van der Waals surface area contributed by atoms with E-state index in [1.54, 1.807) is 27.7 Å². The molecule has 0 aromatic rings. The molecule has 3 aliphatic heterocycles. The summed E-state index contributed by atoms with van der Waals surface area (Å²) in [6.45, 7) is 14.7. The van der Waals surface area contributed by atoms with Crippen LogP contribution in [0.4, 0.5) is 0 Å². The minimum Gasteiger partial charge on any atom is -0.343 e. The molecule has 0 unspecified atom stereocenters. The fourth-order valence-corrected chi connectivity index (χ4v) is 6.12. The summed E-state index contributed by atoms with van der Waals surface area (Å²) >= 11 is 0. The first kappa shape index (κ1) is 33.3. The molecule has 0 bridgehead atoms. The third-order valence-electron chi connectivity index (χ3n) is 8.25. The van der Waals surface area contributed by atoms with Crippen LogP contribution in [0.15, 0.2) is 0 Å². The molecule has 3 aliphatic rings. The zero-order valence-corrected chi connectivity index (χ0v) is 26.5. The summed E-state index contributed by atoms with van der Waals surface area (Å²) in [7, 11) is 0. The van der Waals surface area contributed by atoms with E-state index in [4.69, 9.17) is 0 Å². The van der Waals surface area contributed by atoms with Gasteiger partial charge in [0.2, 0.25) is 35.4 Å². The van der Waals surface area contributed by atoms with Gasteiger partial charge < -0.3 is 31.1 Å². The summed E-state index contributed by atoms with van der Waals surface area (Å²) in [5.74, 6) is -2.62.